The Labute approximate surface area is 177 Å². The van der Waals surface area contributed by atoms with Gasteiger partial charge in [-0.1, -0.05) is 40.3 Å². The van der Waals surface area contributed by atoms with E-state index in [2.05, 4.69) is 60.3 Å². The SMILES string of the molecule is Cc1onc(C(=O)Nc2c(Br)cc(Br)cc2CN(C)C2CCCCC2)c1C. The van der Waals surface area contributed by atoms with Crippen LogP contribution in [0.1, 0.15) is 59.5 Å². The Morgan fingerprint density at radius 2 is 1.96 bits per heavy atom. The van der Waals surface area contributed by atoms with Crippen LogP contribution in [0.5, 0.6) is 0 Å². The molecule has 2 aromatic rings. The molecule has 1 fully saturated rings. The highest BCUT2D eigenvalue weighted by atomic mass is 79.9. The molecule has 0 spiro atoms. The fraction of sp³-hybridized carbons (Fsp3) is 0.500. The molecule has 1 aliphatic carbocycles. The van der Waals surface area contributed by atoms with Crippen LogP contribution in [0.4, 0.5) is 5.69 Å². The second-order valence-corrected chi connectivity index (χ2v) is 9.07. The molecule has 0 radical (unpaired) electrons. The number of carbonyl (C=O) groups is 1. The molecule has 0 aliphatic heterocycles. The number of carbonyl (C=O) groups excluding carboxylic acids is 1. The van der Waals surface area contributed by atoms with Crippen LogP contribution < -0.4 is 5.32 Å². The molecule has 0 saturated heterocycles. The second kappa shape index (κ2) is 8.88. The van der Waals surface area contributed by atoms with Crippen LogP contribution in [-0.2, 0) is 6.54 Å². The molecule has 146 valence electrons. The largest absolute Gasteiger partial charge is 0.361 e. The zero-order chi connectivity index (χ0) is 19.6. The summed E-state index contributed by atoms with van der Waals surface area (Å²) in [5, 5.41) is 6.93. The topological polar surface area (TPSA) is 58.4 Å². The van der Waals surface area contributed by atoms with Gasteiger partial charge in [-0.3, -0.25) is 9.69 Å². The standard InChI is InChI=1S/C20H25Br2N3O2/c1-12-13(2)27-24-18(12)20(26)23-19-14(9-15(21)10-17(19)22)11-25(3)16-7-5-4-6-8-16/h9-10,16H,4-8,11H2,1-3H3,(H,23,26). The predicted molar refractivity (Wildman–Crippen MR) is 114 cm³/mol. The number of aryl methyl sites for hydroxylation is 1. The number of nitrogens with one attached hydrogen (secondary N) is 1. The molecule has 5 nitrogen and oxygen atoms in total. The smallest absolute Gasteiger partial charge is 0.278 e. The molecular weight excluding hydrogens is 474 g/mol. The van der Waals surface area contributed by atoms with Crippen LogP contribution in [0.25, 0.3) is 0 Å². The van der Waals surface area contributed by atoms with Crippen LogP contribution in [0.3, 0.4) is 0 Å². The molecule has 1 N–H and O–H groups in total. The van der Waals surface area contributed by atoms with Gasteiger partial charge in [-0.2, -0.15) is 0 Å². The van der Waals surface area contributed by atoms with Gasteiger partial charge in [0.05, 0.1) is 5.69 Å². The first kappa shape index (κ1) is 20.6. The Hall–Kier alpha value is -1.18. The first-order valence-electron chi connectivity index (χ1n) is 9.29. The van der Waals surface area contributed by atoms with E-state index in [4.69, 9.17) is 4.52 Å². The van der Waals surface area contributed by atoms with Gasteiger partial charge in [0.2, 0.25) is 0 Å². The molecule has 1 aromatic heterocycles. The molecule has 1 saturated carbocycles. The summed E-state index contributed by atoms with van der Waals surface area (Å²) in [6.45, 7) is 4.42. The van der Waals surface area contributed by atoms with Crippen molar-refractivity contribution >= 4 is 43.5 Å². The van der Waals surface area contributed by atoms with Gasteiger partial charge in [-0.25, -0.2) is 0 Å². The van der Waals surface area contributed by atoms with Crippen molar-refractivity contribution in [2.75, 3.05) is 12.4 Å². The van der Waals surface area contributed by atoms with E-state index >= 15 is 0 Å². The van der Waals surface area contributed by atoms with Gasteiger partial charge >= 0.3 is 0 Å². The van der Waals surface area contributed by atoms with E-state index in [0.717, 1.165) is 32.3 Å². The van der Waals surface area contributed by atoms with E-state index in [-0.39, 0.29) is 5.91 Å². The maximum absolute atomic E-state index is 12.7. The highest BCUT2D eigenvalue weighted by molar-refractivity contribution is 9.11. The lowest BCUT2D eigenvalue weighted by molar-refractivity contribution is 0.101. The van der Waals surface area contributed by atoms with E-state index < -0.39 is 0 Å². The van der Waals surface area contributed by atoms with Crippen molar-refractivity contribution in [2.24, 2.45) is 0 Å². The lowest BCUT2D eigenvalue weighted by atomic mass is 9.94. The molecule has 1 aliphatic rings. The number of benzene rings is 1. The normalized spacial score (nSPS) is 15.3. The van der Waals surface area contributed by atoms with Crippen LogP contribution in [0, 0.1) is 13.8 Å². The molecule has 0 atom stereocenters. The lowest BCUT2D eigenvalue weighted by Gasteiger charge is -2.31. The third kappa shape index (κ3) is 4.81. The van der Waals surface area contributed by atoms with Crippen molar-refractivity contribution in [1.29, 1.82) is 0 Å². The minimum atomic E-state index is -0.256. The van der Waals surface area contributed by atoms with Crippen LogP contribution in [0.2, 0.25) is 0 Å². The van der Waals surface area contributed by atoms with Gasteiger partial charge in [0.25, 0.3) is 5.91 Å². The molecule has 1 amide bonds. The van der Waals surface area contributed by atoms with Crippen molar-refractivity contribution in [1.82, 2.24) is 10.1 Å². The summed E-state index contributed by atoms with van der Waals surface area (Å²) in [6.07, 6.45) is 6.41. The van der Waals surface area contributed by atoms with Crippen LogP contribution >= 0.6 is 31.9 Å². The van der Waals surface area contributed by atoms with E-state index in [0.29, 0.717) is 17.5 Å². The summed E-state index contributed by atoms with van der Waals surface area (Å²) in [7, 11) is 2.17. The average molecular weight is 499 g/mol. The summed E-state index contributed by atoms with van der Waals surface area (Å²) in [4.78, 5) is 15.1. The molecule has 0 bridgehead atoms. The van der Waals surface area contributed by atoms with Gasteiger partial charge in [0.1, 0.15) is 5.76 Å². The number of hydrogen-bond donors (Lipinski definition) is 1. The average Bonchev–Trinajstić information content (AvgIpc) is 2.97. The first-order valence-corrected chi connectivity index (χ1v) is 10.9. The number of rotatable bonds is 5. The highest BCUT2D eigenvalue weighted by Gasteiger charge is 2.22. The molecule has 27 heavy (non-hydrogen) atoms. The van der Waals surface area contributed by atoms with Gasteiger partial charge in [0, 0.05) is 27.1 Å². The van der Waals surface area contributed by atoms with E-state index in [1.165, 1.54) is 32.1 Å². The Kier molecular flexibility index (Phi) is 6.76. The van der Waals surface area contributed by atoms with Gasteiger partial charge in [-0.05, 0) is 67.4 Å². The monoisotopic (exact) mass is 497 g/mol. The molecule has 0 unspecified atom stereocenters. The van der Waals surface area contributed by atoms with E-state index in [1.807, 2.05) is 13.0 Å². The Balaban J connectivity index is 1.83. The van der Waals surface area contributed by atoms with E-state index in [1.54, 1.807) is 6.92 Å². The van der Waals surface area contributed by atoms with Crippen LogP contribution in [0.15, 0.2) is 25.6 Å². The van der Waals surface area contributed by atoms with Gasteiger partial charge in [-0.15, -0.1) is 0 Å². The maximum Gasteiger partial charge on any atom is 0.278 e. The molecule has 3 rings (SSSR count). The van der Waals surface area contributed by atoms with E-state index in [9.17, 15) is 4.79 Å². The fourth-order valence-electron chi connectivity index (χ4n) is 3.61. The zero-order valence-electron chi connectivity index (χ0n) is 15.9. The Morgan fingerprint density at radius 1 is 1.26 bits per heavy atom. The van der Waals surface area contributed by atoms with Crippen LogP contribution in [-0.4, -0.2) is 29.1 Å². The molecule has 1 heterocycles. The third-order valence-corrected chi connectivity index (χ3v) is 6.45. The summed E-state index contributed by atoms with van der Waals surface area (Å²) < 4.78 is 6.96. The minimum Gasteiger partial charge on any atom is -0.361 e. The number of hydrogen-bond acceptors (Lipinski definition) is 4. The molecule has 1 aromatic carbocycles. The first-order chi connectivity index (χ1) is 12.9. The van der Waals surface area contributed by atoms with Crippen molar-refractivity contribution in [3.05, 3.63) is 43.7 Å². The second-order valence-electron chi connectivity index (χ2n) is 7.30. The summed E-state index contributed by atoms with van der Waals surface area (Å²) in [5.74, 6) is 0.404. The lowest BCUT2D eigenvalue weighted by Crippen LogP contribution is -2.33. The Bertz CT molecular complexity index is 829. The number of amides is 1. The fourth-order valence-corrected chi connectivity index (χ4v) is 5.03. The van der Waals surface area contributed by atoms with Crippen molar-refractivity contribution < 1.29 is 9.32 Å². The third-order valence-electron chi connectivity index (χ3n) is 5.37. The predicted octanol–water partition coefficient (Wildman–Crippen LogP) is 5.83. The van der Waals surface area contributed by atoms with Crippen molar-refractivity contribution in [2.45, 2.75) is 58.5 Å². The Morgan fingerprint density at radius 3 is 2.59 bits per heavy atom. The van der Waals surface area contributed by atoms with Gasteiger partial charge < -0.3 is 9.84 Å². The summed E-state index contributed by atoms with van der Waals surface area (Å²) >= 11 is 7.17. The molecule has 7 heteroatoms. The van der Waals surface area contributed by atoms with Crippen molar-refractivity contribution in [3.8, 4) is 0 Å². The number of aromatic nitrogens is 1. The summed E-state index contributed by atoms with van der Waals surface area (Å²) in [6, 6.07) is 4.61. The highest BCUT2D eigenvalue weighted by Crippen LogP contribution is 2.33. The van der Waals surface area contributed by atoms with Crippen molar-refractivity contribution in [3.63, 3.8) is 0 Å². The van der Waals surface area contributed by atoms with Gasteiger partial charge in [0.15, 0.2) is 5.69 Å². The number of halogens is 2. The maximum atomic E-state index is 12.7. The summed E-state index contributed by atoms with van der Waals surface area (Å²) in [5.41, 5.74) is 2.94. The quantitative estimate of drug-likeness (QED) is 0.563. The molecular formula is C20H25Br2N3O2. The number of nitrogens with zero attached hydrogens (tertiary/aromatic N) is 2. The zero-order valence-corrected chi connectivity index (χ0v) is 19.1. The minimum absolute atomic E-state index is 0.256. The number of anilines is 1.